The molecule has 0 aromatic rings. The Labute approximate surface area is 305 Å². The average molecular weight is 722 g/mol. The molecule has 8 atom stereocenters. The molecular weight excluding hydrogens is 643 g/mol. The van der Waals surface area contributed by atoms with Crippen molar-refractivity contribution in [3.8, 4) is 0 Å². The number of aliphatic hydroxyl groups is 1. The van der Waals surface area contributed by atoms with Gasteiger partial charge in [-0.15, -0.1) is 0 Å². The van der Waals surface area contributed by atoms with E-state index in [4.69, 9.17) is 13.6 Å². The van der Waals surface area contributed by atoms with Gasteiger partial charge in [0.1, 0.15) is 0 Å². The van der Waals surface area contributed by atoms with E-state index in [-0.39, 0.29) is 64.0 Å². The molecule has 1 rings (SSSR count). The number of allylic oxidation sites excluding steroid dienone is 3. The van der Waals surface area contributed by atoms with Crippen LogP contribution in [0.3, 0.4) is 0 Å². The molecule has 1 aliphatic rings. The molecule has 8 heteroatoms. The fourth-order valence-electron chi connectivity index (χ4n) is 6.55. The molecule has 286 valence electrons. The van der Waals surface area contributed by atoms with Gasteiger partial charge >= 0.3 is 6.09 Å². The third-order valence-corrected chi connectivity index (χ3v) is 20.8. The molecule has 0 saturated heterocycles. The van der Waals surface area contributed by atoms with Crippen molar-refractivity contribution >= 4 is 22.7 Å². The molecule has 1 fully saturated rings. The highest BCUT2D eigenvalue weighted by Crippen LogP contribution is 2.42. The number of amides is 1. The lowest BCUT2D eigenvalue weighted by Crippen LogP contribution is -2.49. The quantitative estimate of drug-likeness (QED) is 0.0837. The number of hydrogen-bond acceptors (Lipinski definition) is 5. The molecule has 1 aliphatic carbocycles. The standard InChI is InChI=1S/C41H79NO5Si2/c1-18-19-23-30(3)36(43)34(7)38(47-49(16,17)41(11,12)13)32(5)27-29(2)26-31(4)37(46-48(14,15)40(8,9)10)33(6)28-45-39(44)42-35-24-21-20-22-25-35/h18-19,23,26,30-38,43H,1,20-22,24-25,27-28H2,2-17H3,(H,42,44)/b23-19-,29-26-/t30-,31-,32?,33-,34?,36?,37+,38?/m0/s1. The van der Waals surface area contributed by atoms with Crippen molar-refractivity contribution in [3.05, 3.63) is 36.5 Å². The van der Waals surface area contributed by atoms with Gasteiger partial charge in [0.2, 0.25) is 0 Å². The second kappa shape index (κ2) is 19.6. The molecule has 0 radical (unpaired) electrons. The van der Waals surface area contributed by atoms with Crippen LogP contribution in [0.15, 0.2) is 36.5 Å². The predicted molar refractivity (Wildman–Crippen MR) is 215 cm³/mol. The second-order valence-corrected chi connectivity index (χ2v) is 28.1. The van der Waals surface area contributed by atoms with Crippen molar-refractivity contribution in [2.24, 2.45) is 29.6 Å². The van der Waals surface area contributed by atoms with Gasteiger partial charge in [0.25, 0.3) is 0 Å². The number of rotatable bonds is 18. The van der Waals surface area contributed by atoms with E-state index in [0.717, 1.165) is 19.3 Å². The van der Waals surface area contributed by atoms with Gasteiger partial charge in [-0.1, -0.05) is 132 Å². The number of hydrogen-bond donors (Lipinski definition) is 2. The Morgan fingerprint density at radius 1 is 0.857 bits per heavy atom. The fourth-order valence-corrected chi connectivity index (χ4v) is 9.51. The van der Waals surface area contributed by atoms with Crippen LogP contribution in [-0.4, -0.2) is 58.8 Å². The Balaban J connectivity index is 3.28. The first kappa shape index (κ1) is 45.8. The van der Waals surface area contributed by atoms with E-state index in [1.165, 1.54) is 24.8 Å². The maximum atomic E-state index is 12.8. The van der Waals surface area contributed by atoms with E-state index < -0.39 is 22.7 Å². The molecule has 0 heterocycles. The highest BCUT2D eigenvalue weighted by Gasteiger charge is 2.44. The summed E-state index contributed by atoms with van der Waals surface area (Å²) >= 11 is 0. The lowest BCUT2D eigenvalue weighted by atomic mass is 9.81. The molecule has 4 unspecified atom stereocenters. The van der Waals surface area contributed by atoms with Crippen LogP contribution in [0.2, 0.25) is 36.3 Å². The number of ether oxygens (including phenoxy) is 1. The average Bonchev–Trinajstić information content (AvgIpc) is 2.98. The number of carbonyl (C=O) groups excluding carboxylic acids is 1. The lowest BCUT2D eigenvalue weighted by molar-refractivity contribution is -0.0134. The Morgan fingerprint density at radius 3 is 1.86 bits per heavy atom. The normalized spacial score (nSPS) is 21.0. The molecule has 1 amide bonds. The van der Waals surface area contributed by atoms with Gasteiger partial charge in [0.15, 0.2) is 16.6 Å². The largest absolute Gasteiger partial charge is 0.449 e. The highest BCUT2D eigenvalue weighted by atomic mass is 28.4. The lowest BCUT2D eigenvalue weighted by Gasteiger charge is -2.44. The molecule has 0 aromatic heterocycles. The fraction of sp³-hybridized carbons (Fsp3) is 0.829. The Kier molecular flexibility index (Phi) is 18.3. The smallest absolute Gasteiger partial charge is 0.407 e. The SMILES string of the molecule is C=C/C=C\[C@H](C)C(O)C(C)C(O[Si](C)(C)C(C)(C)C)C(C)C/C(C)=C\[C@H](C)[C@@H](O[Si](C)(C)C(C)(C)C)[C@@H](C)COC(=O)NC1CCCCC1. The van der Waals surface area contributed by atoms with Gasteiger partial charge in [0.05, 0.1) is 24.9 Å². The molecular formula is C41H79NO5Si2. The molecule has 0 spiro atoms. The molecule has 0 aliphatic heterocycles. The second-order valence-electron chi connectivity index (χ2n) is 18.6. The predicted octanol–water partition coefficient (Wildman–Crippen LogP) is 11.4. The monoisotopic (exact) mass is 722 g/mol. The zero-order valence-corrected chi connectivity index (χ0v) is 36.7. The number of alkyl carbamates (subject to hydrolysis) is 1. The highest BCUT2D eigenvalue weighted by molar-refractivity contribution is 6.74. The molecule has 1 saturated carbocycles. The van der Waals surface area contributed by atoms with Gasteiger partial charge in [-0.3, -0.25) is 0 Å². The minimum Gasteiger partial charge on any atom is -0.449 e. The first-order valence-corrected chi connectivity index (χ1v) is 25.1. The molecule has 0 aromatic carbocycles. The topological polar surface area (TPSA) is 77.0 Å². The number of aliphatic hydroxyl groups excluding tert-OH is 1. The van der Waals surface area contributed by atoms with Crippen molar-refractivity contribution in [2.45, 2.75) is 182 Å². The van der Waals surface area contributed by atoms with Crippen LogP contribution in [0, 0.1) is 29.6 Å². The van der Waals surface area contributed by atoms with E-state index in [2.05, 4.69) is 127 Å². The maximum absolute atomic E-state index is 12.8. The third-order valence-electron chi connectivity index (χ3n) is 11.9. The van der Waals surface area contributed by atoms with E-state index in [9.17, 15) is 9.90 Å². The zero-order valence-electron chi connectivity index (χ0n) is 34.7. The van der Waals surface area contributed by atoms with Crippen LogP contribution in [0.1, 0.15) is 122 Å². The summed E-state index contributed by atoms with van der Waals surface area (Å²) in [6.45, 7) is 40.1. The van der Waals surface area contributed by atoms with Crippen LogP contribution in [-0.2, 0) is 13.6 Å². The van der Waals surface area contributed by atoms with Crippen molar-refractivity contribution in [1.29, 1.82) is 0 Å². The maximum Gasteiger partial charge on any atom is 0.407 e. The number of nitrogens with one attached hydrogen (secondary N) is 1. The zero-order chi connectivity index (χ0) is 38.0. The van der Waals surface area contributed by atoms with Crippen molar-refractivity contribution < 1.29 is 23.5 Å². The minimum absolute atomic E-state index is 0.0101. The van der Waals surface area contributed by atoms with Crippen molar-refractivity contribution in [3.63, 3.8) is 0 Å². The number of carbonyl (C=O) groups is 1. The summed E-state index contributed by atoms with van der Waals surface area (Å²) in [4.78, 5) is 12.8. The van der Waals surface area contributed by atoms with E-state index in [1.807, 2.05) is 12.2 Å². The molecule has 6 nitrogen and oxygen atoms in total. The van der Waals surface area contributed by atoms with Crippen LogP contribution >= 0.6 is 0 Å². The van der Waals surface area contributed by atoms with Gasteiger partial charge in [-0.05, 0) is 74.3 Å². The van der Waals surface area contributed by atoms with Gasteiger partial charge in [-0.25, -0.2) is 4.79 Å². The summed E-state index contributed by atoms with van der Waals surface area (Å²) in [7, 11) is -4.24. The van der Waals surface area contributed by atoms with Crippen LogP contribution in [0.25, 0.3) is 0 Å². The van der Waals surface area contributed by atoms with E-state index in [0.29, 0.717) is 6.61 Å². The molecule has 2 N–H and O–H groups in total. The van der Waals surface area contributed by atoms with Crippen molar-refractivity contribution in [1.82, 2.24) is 5.32 Å². The summed E-state index contributed by atoms with van der Waals surface area (Å²) in [5.74, 6) is 0.280. The summed E-state index contributed by atoms with van der Waals surface area (Å²) in [6.07, 6.45) is 13.6. The van der Waals surface area contributed by atoms with E-state index in [1.54, 1.807) is 6.08 Å². The summed E-state index contributed by atoms with van der Waals surface area (Å²) < 4.78 is 20.1. The molecule has 0 bridgehead atoms. The van der Waals surface area contributed by atoms with Crippen LogP contribution in [0.4, 0.5) is 4.79 Å². The third kappa shape index (κ3) is 14.8. The van der Waals surface area contributed by atoms with Gasteiger partial charge in [0, 0.05) is 23.8 Å². The summed E-state index contributed by atoms with van der Waals surface area (Å²) in [5, 5.41) is 14.7. The van der Waals surface area contributed by atoms with Gasteiger partial charge < -0.3 is 24.0 Å². The Hall–Kier alpha value is -1.20. The molecule has 49 heavy (non-hydrogen) atoms. The first-order valence-electron chi connectivity index (χ1n) is 19.3. The summed E-state index contributed by atoms with van der Waals surface area (Å²) in [5.41, 5.74) is 1.29. The van der Waals surface area contributed by atoms with Crippen molar-refractivity contribution in [2.75, 3.05) is 6.61 Å². The Morgan fingerprint density at radius 2 is 1.37 bits per heavy atom. The Bertz CT molecular complexity index is 1070. The first-order chi connectivity index (χ1) is 22.3. The van der Waals surface area contributed by atoms with Crippen LogP contribution in [0.5, 0.6) is 0 Å². The van der Waals surface area contributed by atoms with Gasteiger partial charge in [-0.2, -0.15) is 0 Å². The summed E-state index contributed by atoms with van der Waals surface area (Å²) in [6, 6.07) is 0.224. The van der Waals surface area contributed by atoms with Crippen LogP contribution < -0.4 is 5.32 Å². The minimum atomic E-state index is -2.12. The van der Waals surface area contributed by atoms with E-state index >= 15 is 0 Å².